The van der Waals surface area contributed by atoms with Gasteiger partial charge >= 0.3 is 0 Å². The first-order chi connectivity index (χ1) is 21.0. The van der Waals surface area contributed by atoms with Gasteiger partial charge in [-0.2, -0.15) is 0 Å². The van der Waals surface area contributed by atoms with E-state index >= 15 is 0 Å². The molecule has 3 aliphatic rings. The minimum atomic E-state index is -5.63. The van der Waals surface area contributed by atoms with Crippen molar-refractivity contribution in [3.8, 4) is 0 Å². The van der Waals surface area contributed by atoms with Gasteiger partial charge < -0.3 is 62.5 Å². The number of ether oxygens (including phenoxy) is 6. The molecule has 0 aromatic carbocycles. The molecule has 0 aromatic rings. The van der Waals surface area contributed by atoms with Crippen molar-refractivity contribution in [2.75, 3.05) is 20.3 Å². The van der Waals surface area contributed by atoms with Crippen LogP contribution < -0.4 is 0 Å². The molecule has 0 bridgehead atoms. The van der Waals surface area contributed by atoms with Gasteiger partial charge in [-0.15, -0.1) is 0 Å². The number of hydrogen-bond acceptors (Lipinski definition) is 22. The van der Waals surface area contributed by atoms with Crippen LogP contribution in [0, 0.1) is 11.8 Å². The maximum atomic E-state index is 11.6. The third-order valence-corrected chi connectivity index (χ3v) is 8.85. The van der Waals surface area contributed by atoms with E-state index in [0.717, 1.165) is 0 Å². The molecule has 9 unspecified atom stereocenters. The summed E-state index contributed by atoms with van der Waals surface area (Å²) in [4.78, 5) is 0. The van der Waals surface area contributed by atoms with Crippen LogP contribution in [0.5, 0.6) is 0 Å². The highest BCUT2D eigenvalue weighted by Gasteiger charge is 2.53. The number of methoxy groups -OCH3 is 1. The molecule has 0 aromatic heterocycles. The summed E-state index contributed by atoms with van der Waals surface area (Å²) >= 11 is 0. The van der Waals surface area contributed by atoms with Crippen molar-refractivity contribution in [3.05, 3.63) is 0 Å². The van der Waals surface area contributed by atoms with Crippen LogP contribution in [0.1, 0.15) is 20.8 Å². The lowest BCUT2D eigenvalue weighted by Crippen LogP contribution is -2.65. The van der Waals surface area contributed by atoms with Crippen LogP contribution in [0.25, 0.3) is 0 Å². The van der Waals surface area contributed by atoms with E-state index in [4.69, 9.17) is 28.4 Å². The van der Waals surface area contributed by atoms with E-state index in [2.05, 4.69) is 12.5 Å². The predicted molar refractivity (Wildman–Crippen MR) is 137 cm³/mol. The minimum Gasteiger partial charge on any atom is -0.726 e. The van der Waals surface area contributed by atoms with Crippen LogP contribution in [-0.4, -0.2) is 160 Å². The highest BCUT2D eigenvalue weighted by molar-refractivity contribution is 7.81. The van der Waals surface area contributed by atoms with E-state index in [0.29, 0.717) is 0 Å². The van der Waals surface area contributed by atoms with Crippen molar-refractivity contribution in [1.82, 2.24) is 0 Å². The summed E-state index contributed by atoms with van der Waals surface area (Å²) in [5.74, 6) is -2.02. The maximum Gasteiger partial charge on any atom is 0.218 e. The average Bonchev–Trinajstić information content (AvgIpc) is 2.92. The van der Waals surface area contributed by atoms with Gasteiger partial charge in [-0.05, 0) is 6.92 Å². The molecule has 4 N–H and O–H groups in total. The SMILES string of the molecule is COC1OC(COS(=O)(=O)[O-])C(OC2O[C@@H](C)[C@@H](OC3OC(COS(=O)(=O)[O-])C(O)[C@H](O)[C@@H]3C)C(O)C2OS(=O)(=O)[O-])[C@H](O)[C@@H]1C. The van der Waals surface area contributed by atoms with Crippen LogP contribution >= 0.6 is 0 Å². The Morgan fingerprint density at radius 1 is 0.587 bits per heavy atom. The third-order valence-electron chi connectivity index (χ3n) is 7.54. The van der Waals surface area contributed by atoms with Gasteiger partial charge in [-0.1, -0.05) is 13.8 Å². The average molecular weight is 736 g/mol. The largest absolute Gasteiger partial charge is 0.726 e. The molecule has 3 aliphatic heterocycles. The van der Waals surface area contributed by atoms with Crippen molar-refractivity contribution < 1.29 is 100 Å². The predicted octanol–water partition coefficient (Wildman–Crippen LogP) is -4.89. The number of hydrogen-bond donors (Lipinski definition) is 4. The van der Waals surface area contributed by atoms with Crippen LogP contribution in [0.3, 0.4) is 0 Å². The fourth-order valence-electron chi connectivity index (χ4n) is 5.13. The molecule has 22 nitrogen and oxygen atoms in total. The highest BCUT2D eigenvalue weighted by atomic mass is 32.3. The second-order valence-corrected chi connectivity index (χ2v) is 13.9. The molecular formula is C21H35O22S3-3. The van der Waals surface area contributed by atoms with Gasteiger partial charge in [0.15, 0.2) is 25.0 Å². The molecular weight excluding hydrogens is 700 g/mol. The van der Waals surface area contributed by atoms with Gasteiger partial charge in [-0.3, -0.25) is 12.5 Å². The normalized spacial score (nSPS) is 43.0. The van der Waals surface area contributed by atoms with Gasteiger partial charge in [0.05, 0.1) is 31.5 Å². The molecule has 0 radical (unpaired) electrons. The molecule has 3 heterocycles. The quantitative estimate of drug-likeness (QED) is 0.102. The molecule has 15 atom stereocenters. The van der Waals surface area contributed by atoms with Crippen molar-refractivity contribution >= 4 is 31.2 Å². The van der Waals surface area contributed by atoms with Crippen LogP contribution in [0.4, 0.5) is 0 Å². The zero-order chi connectivity index (χ0) is 34.9. The molecule has 0 amide bonds. The van der Waals surface area contributed by atoms with Crippen molar-refractivity contribution in [3.63, 3.8) is 0 Å². The Bertz CT molecular complexity index is 1330. The molecule has 0 aliphatic carbocycles. The van der Waals surface area contributed by atoms with E-state index in [1.807, 2.05) is 0 Å². The summed E-state index contributed by atoms with van der Waals surface area (Å²) in [5.41, 5.74) is 0. The molecule has 0 saturated carbocycles. The van der Waals surface area contributed by atoms with Crippen molar-refractivity contribution in [2.24, 2.45) is 11.8 Å². The smallest absolute Gasteiger partial charge is 0.218 e. The lowest BCUT2D eigenvalue weighted by Gasteiger charge is -2.49. The summed E-state index contributed by atoms with van der Waals surface area (Å²) in [6.07, 6.45) is -22.1. The van der Waals surface area contributed by atoms with E-state index < -0.39 is 136 Å². The van der Waals surface area contributed by atoms with E-state index in [9.17, 15) is 59.3 Å². The molecule has 3 fully saturated rings. The summed E-state index contributed by atoms with van der Waals surface area (Å²) < 4.78 is 147. The summed E-state index contributed by atoms with van der Waals surface area (Å²) in [6.45, 7) is 1.94. The Kier molecular flexibility index (Phi) is 13.3. The van der Waals surface area contributed by atoms with Gasteiger partial charge in [0.1, 0.15) is 36.6 Å². The van der Waals surface area contributed by atoms with Gasteiger partial charge in [0.25, 0.3) is 0 Å². The second kappa shape index (κ2) is 15.4. The van der Waals surface area contributed by atoms with Crippen molar-refractivity contribution in [2.45, 2.75) is 101 Å². The zero-order valence-electron chi connectivity index (χ0n) is 24.4. The standard InChI is InChI=1S/C21H38O22S3/c1-7-12(22)14(24)10(5-36-44(26,27)28)39-20(7)41-16-9(3)38-21(18(15(16)25)43-46(32,33)34)42-17-11(6-37-45(29,30)31)40-19(35-4)8(2)13(17)23/h7-25H,5-6H2,1-4H3,(H,26,27,28)(H,29,30,31)(H,32,33,34)/p-3/t7-,8-,9-,10?,11?,12+,13+,14?,15?,16+,17?,18?,19?,20?,21?/m0/s1. The lowest BCUT2D eigenvalue weighted by molar-refractivity contribution is -0.365. The Labute approximate surface area is 264 Å². The Hall–Kier alpha value is -0.790. The van der Waals surface area contributed by atoms with Crippen LogP contribution in [-0.2, 0) is 72.2 Å². The molecule has 3 saturated heterocycles. The van der Waals surface area contributed by atoms with Crippen LogP contribution in [0.15, 0.2) is 0 Å². The second-order valence-electron chi connectivity index (χ2n) is 10.8. The summed E-state index contributed by atoms with van der Waals surface area (Å²) in [7, 11) is -15.0. The molecule has 0 spiro atoms. The van der Waals surface area contributed by atoms with E-state index in [1.165, 1.54) is 27.9 Å². The van der Waals surface area contributed by atoms with E-state index in [-0.39, 0.29) is 0 Å². The molecule has 272 valence electrons. The molecule has 3 rings (SSSR count). The fourth-order valence-corrected chi connectivity index (χ4v) is 6.21. The van der Waals surface area contributed by atoms with Gasteiger partial charge in [0.2, 0.25) is 31.2 Å². The number of rotatable bonds is 13. The monoisotopic (exact) mass is 735 g/mol. The third kappa shape index (κ3) is 10.4. The summed E-state index contributed by atoms with van der Waals surface area (Å²) in [6, 6.07) is 0. The van der Waals surface area contributed by atoms with Gasteiger partial charge in [-0.25, -0.2) is 25.3 Å². The molecule has 46 heavy (non-hydrogen) atoms. The van der Waals surface area contributed by atoms with Crippen LogP contribution in [0.2, 0.25) is 0 Å². The lowest BCUT2D eigenvalue weighted by atomic mass is 9.91. The molecule has 25 heteroatoms. The van der Waals surface area contributed by atoms with E-state index in [1.54, 1.807) is 0 Å². The highest BCUT2D eigenvalue weighted by Crippen LogP contribution is 2.36. The first kappa shape index (κ1) is 39.6. The van der Waals surface area contributed by atoms with Crippen molar-refractivity contribution in [1.29, 1.82) is 0 Å². The number of aliphatic hydroxyl groups excluding tert-OH is 4. The Balaban J connectivity index is 1.86. The first-order valence-electron chi connectivity index (χ1n) is 13.4. The fraction of sp³-hybridized carbons (Fsp3) is 1.00. The number of aliphatic hydroxyl groups is 4. The maximum absolute atomic E-state index is 11.6. The Morgan fingerprint density at radius 3 is 1.61 bits per heavy atom. The zero-order valence-corrected chi connectivity index (χ0v) is 26.9. The topological polar surface area (TPSA) is 336 Å². The Morgan fingerprint density at radius 2 is 1.09 bits per heavy atom. The first-order valence-corrected chi connectivity index (χ1v) is 17.4. The minimum absolute atomic E-state index is 0.903. The summed E-state index contributed by atoms with van der Waals surface area (Å²) in [5, 5.41) is 42.8. The van der Waals surface area contributed by atoms with Gasteiger partial charge in [0, 0.05) is 18.9 Å².